The fourth-order valence-electron chi connectivity index (χ4n) is 3.55. The van der Waals surface area contributed by atoms with Gasteiger partial charge in [-0.3, -0.25) is 0 Å². The molecule has 6 heteroatoms. The first-order valence-electron chi connectivity index (χ1n) is 9.61. The predicted molar refractivity (Wildman–Crippen MR) is 125 cm³/mol. The van der Waals surface area contributed by atoms with E-state index in [0.29, 0.717) is 17.3 Å². The molecule has 1 atom stereocenters. The van der Waals surface area contributed by atoms with Crippen molar-refractivity contribution in [1.29, 1.82) is 0 Å². The normalized spacial score (nSPS) is 15.3. The van der Waals surface area contributed by atoms with Crippen molar-refractivity contribution in [1.82, 2.24) is 14.8 Å². The third-order valence-corrected chi connectivity index (χ3v) is 5.87. The van der Waals surface area contributed by atoms with Gasteiger partial charge in [-0.2, -0.15) is 4.98 Å². The van der Waals surface area contributed by atoms with Crippen LogP contribution >= 0.6 is 22.6 Å². The lowest BCUT2D eigenvalue weighted by Gasteiger charge is -2.24. The van der Waals surface area contributed by atoms with Crippen molar-refractivity contribution >= 4 is 34.2 Å². The van der Waals surface area contributed by atoms with Crippen molar-refractivity contribution in [2.75, 3.05) is 5.32 Å². The Morgan fingerprint density at radius 1 is 0.933 bits per heavy atom. The van der Waals surface area contributed by atoms with E-state index in [9.17, 15) is 4.39 Å². The van der Waals surface area contributed by atoms with E-state index >= 15 is 0 Å². The average molecular weight is 508 g/mol. The zero-order valence-corrected chi connectivity index (χ0v) is 18.3. The van der Waals surface area contributed by atoms with Gasteiger partial charge in [-0.15, -0.1) is 5.10 Å². The minimum atomic E-state index is -0.400. The molecule has 3 aromatic carbocycles. The Morgan fingerprint density at radius 2 is 1.63 bits per heavy atom. The number of hydrogen-bond donors (Lipinski definition) is 1. The van der Waals surface area contributed by atoms with Gasteiger partial charge in [0.1, 0.15) is 11.9 Å². The fraction of sp³-hybridized carbons (Fsp3) is 0.0833. The summed E-state index contributed by atoms with van der Waals surface area (Å²) in [4.78, 5) is 4.73. The van der Waals surface area contributed by atoms with Crippen LogP contribution in [0.5, 0.6) is 0 Å². The van der Waals surface area contributed by atoms with Gasteiger partial charge in [0.15, 0.2) is 5.82 Å². The molecular weight excluding hydrogens is 490 g/mol. The Kier molecular flexibility index (Phi) is 4.86. The third-order valence-electron chi connectivity index (χ3n) is 5.15. The first-order valence-corrected chi connectivity index (χ1v) is 10.7. The summed E-state index contributed by atoms with van der Waals surface area (Å²) in [5.41, 5.74) is 4.56. The summed E-state index contributed by atoms with van der Waals surface area (Å²) >= 11 is 2.28. The lowest BCUT2D eigenvalue weighted by Crippen LogP contribution is -2.21. The highest BCUT2D eigenvalue weighted by atomic mass is 127. The molecule has 0 aliphatic carbocycles. The largest absolute Gasteiger partial charge is 0.324 e. The first-order chi connectivity index (χ1) is 14.6. The van der Waals surface area contributed by atoms with Crippen LogP contribution in [-0.4, -0.2) is 14.8 Å². The van der Waals surface area contributed by atoms with E-state index in [2.05, 4.69) is 27.9 Å². The molecule has 0 spiro atoms. The molecule has 0 amide bonds. The second kappa shape index (κ2) is 7.68. The third kappa shape index (κ3) is 3.52. The smallest absolute Gasteiger partial charge is 0.227 e. The highest BCUT2D eigenvalue weighted by Gasteiger charge is 2.27. The molecule has 0 fully saturated rings. The van der Waals surface area contributed by atoms with Crippen LogP contribution in [0, 0.1) is 16.3 Å². The van der Waals surface area contributed by atoms with E-state index in [1.54, 1.807) is 16.8 Å². The van der Waals surface area contributed by atoms with E-state index in [0.717, 1.165) is 20.4 Å². The second-order valence-corrected chi connectivity index (χ2v) is 8.49. The van der Waals surface area contributed by atoms with Crippen LogP contribution < -0.4 is 5.32 Å². The highest BCUT2D eigenvalue weighted by Crippen LogP contribution is 2.35. The summed E-state index contributed by atoms with van der Waals surface area (Å²) in [6.07, 6.45) is 2.00. The number of benzene rings is 3. The van der Waals surface area contributed by atoms with Crippen molar-refractivity contribution in [3.63, 3.8) is 0 Å². The SMILES string of the molecule is Cc1ccc(-c2nc3n(n2)[C@@H](c2ccccc2F)C=C(c2ccc(I)cc2)N3)cc1. The Labute approximate surface area is 187 Å². The molecule has 0 radical (unpaired) electrons. The molecule has 0 unspecified atom stereocenters. The van der Waals surface area contributed by atoms with Gasteiger partial charge >= 0.3 is 0 Å². The molecule has 1 aliphatic heterocycles. The number of rotatable bonds is 3. The summed E-state index contributed by atoms with van der Waals surface area (Å²) in [6, 6.07) is 22.7. The summed E-state index contributed by atoms with van der Waals surface area (Å²) < 4.78 is 17.6. The van der Waals surface area contributed by atoms with E-state index in [4.69, 9.17) is 10.1 Å². The monoisotopic (exact) mass is 508 g/mol. The lowest BCUT2D eigenvalue weighted by molar-refractivity contribution is 0.552. The number of aromatic nitrogens is 3. The number of aryl methyl sites for hydroxylation is 1. The van der Waals surface area contributed by atoms with Crippen LogP contribution in [0.15, 0.2) is 78.9 Å². The topological polar surface area (TPSA) is 42.7 Å². The molecule has 4 nitrogen and oxygen atoms in total. The van der Waals surface area contributed by atoms with Crippen LogP contribution in [0.2, 0.25) is 0 Å². The molecule has 30 heavy (non-hydrogen) atoms. The summed E-state index contributed by atoms with van der Waals surface area (Å²) in [5.74, 6) is 0.937. The second-order valence-electron chi connectivity index (χ2n) is 7.25. The maximum absolute atomic E-state index is 14.7. The van der Waals surface area contributed by atoms with Crippen molar-refractivity contribution in [2.45, 2.75) is 13.0 Å². The Balaban J connectivity index is 1.64. The molecule has 148 valence electrons. The summed E-state index contributed by atoms with van der Waals surface area (Å²) in [5, 5.41) is 8.10. The summed E-state index contributed by atoms with van der Waals surface area (Å²) in [6.45, 7) is 2.04. The lowest BCUT2D eigenvalue weighted by atomic mass is 10.0. The van der Waals surface area contributed by atoms with E-state index in [1.165, 1.54) is 11.6 Å². The number of nitrogens with zero attached hydrogens (tertiary/aromatic N) is 3. The van der Waals surface area contributed by atoms with Gasteiger partial charge in [-0.25, -0.2) is 9.07 Å². The van der Waals surface area contributed by atoms with Crippen molar-refractivity contribution < 1.29 is 4.39 Å². The molecule has 1 aromatic heterocycles. The van der Waals surface area contributed by atoms with Crippen LogP contribution in [0.1, 0.15) is 22.7 Å². The Bertz CT molecular complexity index is 1240. The van der Waals surface area contributed by atoms with Crippen LogP contribution in [-0.2, 0) is 0 Å². The van der Waals surface area contributed by atoms with Crippen LogP contribution in [0.3, 0.4) is 0 Å². The van der Waals surface area contributed by atoms with Crippen molar-refractivity contribution in [3.8, 4) is 11.4 Å². The zero-order chi connectivity index (χ0) is 20.7. The van der Waals surface area contributed by atoms with Crippen molar-refractivity contribution in [3.05, 3.63) is 105 Å². The molecule has 5 rings (SSSR count). The molecule has 4 aromatic rings. The minimum Gasteiger partial charge on any atom is -0.324 e. The van der Waals surface area contributed by atoms with Gasteiger partial charge < -0.3 is 5.32 Å². The van der Waals surface area contributed by atoms with Gasteiger partial charge in [0.05, 0.1) is 0 Å². The van der Waals surface area contributed by atoms with Gasteiger partial charge in [-0.05, 0) is 59.4 Å². The van der Waals surface area contributed by atoms with Crippen LogP contribution in [0.4, 0.5) is 10.3 Å². The van der Waals surface area contributed by atoms with Crippen molar-refractivity contribution in [2.24, 2.45) is 0 Å². The Hall–Kier alpha value is -3.00. The standard InChI is InChI=1S/C24H18FIN4/c1-15-6-8-17(9-7-15)23-28-24-27-21(16-10-12-18(26)13-11-16)14-22(30(24)29-23)19-4-2-3-5-20(19)25/h2-14,22H,1H3,(H,27,28,29)/t22-/m1/s1. The molecule has 0 bridgehead atoms. The maximum atomic E-state index is 14.7. The number of nitrogens with one attached hydrogen (secondary N) is 1. The number of halogens is 2. The van der Waals surface area contributed by atoms with Gasteiger partial charge in [0.2, 0.25) is 5.95 Å². The number of allylic oxidation sites excluding steroid dienone is 1. The van der Waals surface area contributed by atoms with Gasteiger partial charge in [0.25, 0.3) is 0 Å². The molecule has 2 heterocycles. The van der Waals surface area contributed by atoms with Gasteiger partial charge in [-0.1, -0.05) is 60.2 Å². The zero-order valence-electron chi connectivity index (χ0n) is 16.2. The quantitative estimate of drug-likeness (QED) is 0.343. The number of fused-ring (bicyclic) bond motifs is 1. The number of hydrogen-bond acceptors (Lipinski definition) is 3. The Morgan fingerprint density at radius 3 is 2.37 bits per heavy atom. The van der Waals surface area contributed by atoms with E-state index in [1.807, 2.05) is 67.6 Å². The first kappa shape index (κ1) is 19.0. The summed E-state index contributed by atoms with van der Waals surface area (Å²) in [7, 11) is 0. The average Bonchev–Trinajstić information content (AvgIpc) is 3.19. The fourth-order valence-corrected chi connectivity index (χ4v) is 3.91. The maximum Gasteiger partial charge on any atom is 0.227 e. The van der Waals surface area contributed by atoms with Gasteiger partial charge in [0, 0.05) is 20.4 Å². The molecule has 0 saturated heterocycles. The van der Waals surface area contributed by atoms with E-state index < -0.39 is 6.04 Å². The molecule has 1 N–H and O–H groups in total. The molecular formula is C24H18FIN4. The highest BCUT2D eigenvalue weighted by molar-refractivity contribution is 14.1. The number of anilines is 1. The predicted octanol–water partition coefficient (Wildman–Crippen LogP) is 6.05. The molecule has 0 saturated carbocycles. The van der Waals surface area contributed by atoms with Crippen LogP contribution in [0.25, 0.3) is 17.1 Å². The van der Waals surface area contributed by atoms with E-state index in [-0.39, 0.29) is 5.82 Å². The minimum absolute atomic E-state index is 0.263. The molecule has 1 aliphatic rings.